The van der Waals surface area contributed by atoms with Crippen molar-refractivity contribution < 1.29 is 14.7 Å². The molecule has 2 N–H and O–H groups in total. The molecule has 0 fully saturated rings. The fourth-order valence-corrected chi connectivity index (χ4v) is 1.98. The molecule has 1 aromatic carbocycles. The molecule has 0 aromatic heterocycles. The monoisotopic (exact) mass is 335 g/mol. The normalized spacial score (nSPS) is 11.2. The molecule has 5 heteroatoms. The van der Waals surface area contributed by atoms with E-state index < -0.39 is 0 Å². The Labute approximate surface area is 141 Å². The highest BCUT2D eigenvalue weighted by Crippen LogP contribution is 2.10. The summed E-state index contributed by atoms with van der Waals surface area (Å²) in [5.74, 6) is -0.276. The minimum absolute atomic E-state index is 0.135. The van der Waals surface area contributed by atoms with Gasteiger partial charge in [-0.1, -0.05) is 48.4 Å². The first kappa shape index (κ1) is 19.1. The van der Waals surface area contributed by atoms with Crippen LogP contribution in [0.25, 0.3) is 6.08 Å². The largest absolute Gasteiger partial charge is 0.389 e. The van der Waals surface area contributed by atoms with Gasteiger partial charge in [0.05, 0.1) is 0 Å². The van der Waals surface area contributed by atoms with Gasteiger partial charge in [-0.15, -0.1) is 0 Å². The molecule has 0 spiro atoms. The molecule has 0 saturated heterocycles. The summed E-state index contributed by atoms with van der Waals surface area (Å²) >= 11 is 5.80. The third-order valence-electron chi connectivity index (χ3n) is 3.13. The summed E-state index contributed by atoms with van der Waals surface area (Å²) in [6.07, 6.45) is 9.66. The number of hydrogen-bond acceptors (Lipinski definition) is 3. The van der Waals surface area contributed by atoms with Crippen LogP contribution in [0.5, 0.6) is 0 Å². The molecule has 0 aliphatic rings. The van der Waals surface area contributed by atoms with Crippen LogP contribution in [0.3, 0.4) is 0 Å². The van der Waals surface area contributed by atoms with Gasteiger partial charge in [0, 0.05) is 24.1 Å². The van der Waals surface area contributed by atoms with Crippen LogP contribution in [0, 0.1) is 0 Å². The van der Waals surface area contributed by atoms with E-state index in [1.807, 2.05) is 30.3 Å². The molecule has 1 rings (SSSR count). The van der Waals surface area contributed by atoms with E-state index >= 15 is 0 Å². The average Bonchev–Trinajstić information content (AvgIpc) is 2.56. The van der Waals surface area contributed by atoms with Gasteiger partial charge in [-0.2, -0.15) is 0 Å². The zero-order chi connectivity index (χ0) is 16.9. The zero-order valence-corrected chi connectivity index (χ0v) is 13.8. The van der Waals surface area contributed by atoms with Gasteiger partial charge in [0.2, 0.25) is 5.91 Å². The number of hydrogen-bond donors (Lipinski definition) is 2. The second-order valence-electron chi connectivity index (χ2n) is 5.07. The maximum absolute atomic E-state index is 11.5. The number of benzene rings is 1. The lowest BCUT2D eigenvalue weighted by atomic mass is 10.1. The number of carbonyl (C=O) groups is 2. The molecule has 124 valence electrons. The summed E-state index contributed by atoms with van der Waals surface area (Å²) in [6, 6.07) is 7.42. The molecular weight excluding hydrogens is 314 g/mol. The number of ketones is 1. The molecule has 0 aliphatic carbocycles. The lowest BCUT2D eigenvalue weighted by molar-refractivity contribution is -0.122. The minimum atomic E-state index is -0.384. The highest BCUT2D eigenvalue weighted by molar-refractivity contribution is 6.30. The molecule has 0 radical (unpaired) electrons. The van der Waals surface area contributed by atoms with E-state index in [1.54, 1.807) is 12.2 Å². The van der Waals surface area contributed by atoms with Crippen molar-refractivity contribution in [1.82, 2.24) is 5.32 Å². The summed E-state index contributed by atoms with van der Waals surface area (Å²) < 4.78 is 0. The molecule has 23 heavy (non-hydrogen) atoms. The van der Waals surface area contributed by atoms with Gasteiger partial charge >= 0.3 is 0 Å². The van der Waals surface area contributed by atoms with Crippen LogP contribution in [0.4, 0.5) is 0 Å². The standard InChI is InChI=1S/C18H22ClNO3/c19-16-11-9-15(10-12-16)6-3-4-8-18(23)20-13-5-1-2-7-17(22)14-21/h3-4,6,8-12,21H,1-2,5,7,13-14H2,(H,20,23)/b6-3+,8-4-. The van der Waals surface area contributed by atoms with E-state index in [-0.39, 0.29) is 18.3 Å². The Morgan fingerprint density at radius 2 is 1.83 bits per heavy atom. The zero-order valence-electron chi connectivity index (χ0n) is 13.0. The van der Waals surface area contributed by atoms with E-state index in [0.29, 0.717) is 18.0 Å². The number of amides is 1. The van der Waals surface area contributed by atoms with Gasteiger partial charge in [0.25, 0.3) is 0 Å². The first-order valence-corrected chi connectivity index (χ1v) is 8.00. The van der Waals surface area contributed by atoms with Crippen LogP contribution in [-0.2, 0) is 9.59 Å². The highest BCUT2D eigenvalue weighted by Gasteiger charge is 1.99. The number of halogens is 1. The van der Waals surface area contributed by atoms with Crippen molar-refractivity contribution >= 4 is 29.4 Å². The summed E-state index contributed by atoms with van der Waals surface area (Å²) in [6.45, 7) is 0.197. The van der Waals surface area contributed by atoms with Crippen molar-refractivity contribution in [3.8, 4) is 0 Å². The lowest BCUT2D eigenvalue weighted by Crippen LogP contribution is -2.22. The predicted octanol–water partition coefficient (Wildman–Crippen LogP) is 3.15. The average molecular weight is 336 g/mol. The number of allylic oxidation sites excluding steroid dienone is 2. The van der Waals surface area contributed by atoms with Crippen molar-refractivity contribution in [3.05, 3.63) is 53.1 Å². The van der Waals surface area contributed by atoms with Gasteiger partial charge in [0.1, 0.15) is 6.61 Å². The Hall–Kier alpha value is -1.91. The summed E-state index contributed by atoms with van der Waals surface area (Å²) in [5, 5.41) is 12.0. The SMILES string of the molecule is O=C(CO)CCCCCNC(=O)/C=C\C=C\c1ccc(Cl)cc1. The van der Waals surface area contributed by atoms with Crippen molar-refractivity contribution in [2.75, 3.05) is 13.2 Å². The third-order valence-corrected chi connectivity index (χ3v) is 3.38. The first-order valence-electron chi connectivity index (χ1n) is 7.62. The Kier molecular flexibility index (Phi) is 9.68. The molecule has 4 nitrogen and oxygen atoms in total. The molecule has 0 bridgehead atoms. The number of rotatable bonds is 10. The van der Waals surface area contributed by atoms with Crippen molar-refractivity contribution in [2.45, 2.75) is 25.7 Å². The van der Waals surface area contributed by atoms with Crippen molar-refractivity contribution in [2.24, 2.45) is 0 Å². The van der Waals surface area contributed by atoms with Gasteiger partial charge in [-0.3, -0.25) is 9.59 Å². The number of nitrogens with one attached hydrogen (secondary N) is 1. The summed E-state index contributed by atoms with van der Waals surface area (Å²) in [4.78, 5) is 22.4. The van der Waals surface area contributed by atoms with Gasteiger partial charge in [0.15, 0.2) is 5.78 Å². The first-order chi connectivity index (χ1) is 11.1. The number of aliphatic hydroxyl groups is 1. The molecule has 0 aliphatic heterocycles. The number of aliphatic hydroxyl groups excluding tert-OH is 1. The van der Waals surface area contributed by atoms with Gasteiger partial charge in [-0.25, -0.2) is 0 Å². The number of unbranched alkanes of at least 4 members (excludes halogenated alkanes) is 2. The molecule has 0 saturated carbocycles. The predicted molar refractivity (Wildman–Crippen MR) is 93.2 cm³/mol. The number of carbonyl (C=O) groups excluding carboxylic acids is 2. The van der Waals surface area contributed by atoms with Crippen LogP contribution in [0.15, 0.2) is 42.5 Å². The van der Waals surface area contributed by atoms with E-state index in [0.717, 1.165) is 24.8 Å². The smallest absolute Gasteiger partial charge is 0.243 e. The molecular formula is C18H22ClNO3. The molecule has 0 heterocycles. The van der Waals surface area contributed by atoms with E-state index in [9.17, 15) is 9.59 Å². The second-order valence-corrected chi connectivity index (χ2v) is 5.50. The third kappa shape index (κ3) is 9.66. The lowest BCUT2D eigenvalue weighted by Gasteiger charge is -2.01. The highest BCUT2D eigenvalue weighted by atomic mass is 35.5. The fraction of sp³-hybridized carbons (Fsp3) is 0.333. The quantitative estimate of drug-likeness (QED) is 0.392. The Morgan fingerprint density at radius 3 is 2.52 bits per heavy atom. The molecule has 1 amide bonds. The van der Waals surface area contributed by atoms with Crippen molar-refractivity contribution in [3.63, 3.8) is 0 Å². The van der Waals surface area contributed by atoms with Crippen LogP contribution in [0.1, 0.15) is 31.2 Å². The Morgan fingerprint density at radius 1 is 1.09 bits per heavy atom. The number of Topliss-reactive ketones (excluding diaryl/α,β-unsaturated/α-hetero) is 1. The van der Waals surface area contributed by atoms with E-state index in [4.69, 9.17) is 16.7 Å². The van der Waals surface area contributed by atoms with E-state index in [1.165, 1.54) is 6.08 Å². The van der Waals surface area contributed by atoms with Crippen LogP contribution in [-0.4, -0.2) is 29.9 Å². The summed E-state index contributed by atoms with van der Waals surface area (Å²) in [5.41, 5.74) is 1.01. The van der Waals surface area contributed by atoms with Gasteiger partial charge < -0.3 is 10.4 Å². The molecule has 1 aromatic rings. The minimum Gasteiger partial charge on any atom is -0.389 e. The Bertz CT molecular complexity index is 550. The van der Waals surface area contributed by atoms with Crippen LogP contribution >= 0.6 is 11.6 Å². The van der Waals surface area contributed by atoms with Crippen LogP contribution in [0.2, 0.25) is 5.02 Å². The topological polar surface area (TPSA) is 66.4 Å². The molecule has 0 atom stereocenters. The second kappa shape index (κ2) is 11.6. The maximum Gasteiger partial charge on any atom is 0.243 e. The van der Waals surface area contributed by atoms with Gasteiger partial charge in [-0.05, 0) is 30.5 Å². The Balaban J connectivity index is 2.13. The molecule has 0 unspecified atom stereocenters. The van der Waals surface area contributed by atoms with Crippen LogP contribution < -0.4 is 5.32 Å². The van der Waals surface area contributed by atoms with E-state index in [2.05, 4.69) is 5.32 Å². The summed E-state index contributed by atoms with van der Waals surface area (Å²) in [7, 11) is 0. The maximum atomic E-state index is 11.5. The van der Waals surface area contributed by atoms with Crippen molar-refractivity contribution in [1.29, 1.82) is 0 Å². The fourth-order valence-electron chi connectivity index (χ4n) is 1.86.